The molecule has 0 saturated carbocycles. The molecule has 0 aliphatic carbocycles. The van der Waals surface area contributed by atoms with Gasteiger partial charge in [0, 0.05) is 6.54 Å². The molecule has 76 valence electrons. The number of aliphatic hydroxyl groups is 2. The zero-order valence-corrected chi connectivity index (χ0v) is 8.41. The Morgan fingerprint density at radius 1 is 1.33 bits per heavy atom. The molecule has 0 aromatic rings. The van der Waals surface area contributed by atoms with Gasteiger partial charge in [-0.2, -0.15) is 0 Å². The highest BCUT2D eigenvalue weighted by Gasteiger charge is 2.06. The Balaban J connectivity index is 0. The van der Waals surface area contributed by atoms with Crippen molar-refractivity contribution >= 4 is 0 Å². The summed E-state index contributed by atoms with van der Waals surface area (Å²) in [5.74, 6) is 0.185. The lowest BCUT2D eigenvalue weighted by molar-refractivity contribution is 0.0898. The summed E-state index contributed by atoms with van der Waals surface area (Å²) in [5.41, 5.74) is 9.37. The second kappa shape index (κ2) is 6.37. The molecule has 0 radical (unpaired) electrons. The van der Waals surface area contributed by atoms with Crippen LogP contribution in [0.25, 0.3) is 0 Å². The summed E-state index contributed by atoms with van der Waals surface area (Å²) >= 11 is 0. The minimum atomic E-state index is -0.681. The third kappa shape index (κ3) is 16.4. The highest BCUT2D eigenvalue weighted by molar-refractivity contribution is 4.63. The van der Waals surface area contributed by atoms with Crippen molar-refractivity contribution < 1.29 is 10.2 Å². The van der Waals surface area contributed by atoms with Gasteiger partial charge in [0.2, 0.25) is 0 Å². The summed E-state index contributed by atoms with van der Waals surface area (Å²) in [6, 6.07) is 0. The smallest absolute Gasteiger partial charge is 0.104 e. The van der Waals surface area contributed by atoms with E-state index in [9.17, 15) is 0 Å². The molecule has 0 amide bonds. The van der Waals surface area contributed by atoms with Crippen molar-refractivity contribution in [3.63, 3.8) is 0 Å². The molecule has 0 aliphatic heterocycles. The summed E-state index contributed by atoms with van der Waals surface area (Å²) in [6.45, 7) is 7.41. The fraction of sp³-hybridized carbons (Fsp3) is 1.00. The molecule has 0 bridgehead atoms. The van der Waals surface area contributed by atoms with Gasteiger partial charge in [-0.15, -0.1) is 0 Å². The van der Waals surface area contributed by atoms with Gasteiger partial charge >= 0.3 is 0 Å². The van der Waals surface area contributed by atoms with E-state index in [0.29, 0.717) is 6.54 Å². The first-order chi connectivity index (χ1) is 5.20. The minimum Gasteiger partial charge on any atom is -0.389 e. The molecular formula is C8H22N2O2. The number of hydrogen-bond acceptors (Lipinski definition) is 4. The molecule has 0 aromatic carbocycles. The van der Waals surface area contributed by atoms with Crippen molar-refractivity contribution in [3.05, 3.63) is 0 Å². The Bertz CT molecular complexity index is 91.7. The molecule has 1 atom stereocenters. The van der Waals surface area contributed by atoms with E-state index in [-0.39, 0.29) is 5.92 Å². The Labute approximate surface area is 74.6 Å². The van der Waals surface area contributed by atoms with Crippen molar-refractivity contribution in [3.8, 4) is 0 Å². The van der Waals surface area contributed by atoms with Crippen LogP contribution in [0.15, 0.2) is 0 Å². The molecule has 12 heavy (non-hydrogen) atoms. The van der Waals surface area contributed by atoms with Crippen LogP contribution in [0.3, 0.4) is 0 Å². The Kier molecular flexibility index (Phi) is 7.62. The highest BCUT2D eigenvalue weighted by atomic mass is 16.3. The fourth-order valence-corrected chi connectivity index (χ4v) is 0. The number of hydrogen-bond donors (Lipinski definition) is 4. The molecule has 4 nitrogen and oxygen atoms in total. The monoisotopic (exact) mass is 178 g/mol. The first-order valence-electron chi connectivity index (χ1n) is 4.06. The number of aliphatic hydroxyl groups excluding tert-OH is 1. The van der Waals surface area contributed by atoms with Gasteiger partial charge in [0.15, 0.2) is 0 Å². The normalized spacial score (nSPS) is 13.8. The second-order valence-corrected chi connectivity index (χ2v) is 3.75. The van der Waals surface area contributed by atoms with Gasteiger partial charge in [-0.05, 0) is 19.8 Å². The lowest BCUT2D eigenvalue weighted by Crippen LogP contribution is -2.29. The van der Waals surface area contributed by atoms with Crippen molar-refractivity contribution in [1.82, 2.24) is 0 Å². The molecule has 0 heterocycles. The van der Waals surface area contributed by atoms with Gasteiger partial charge in [0.25, 0.3) is 0 Å². The van der Waals surface area contributed by atoms with E-state index in [1.165, 1.54) is 0 Å². The fourth-order valence-electron chi connectivity index (χ4n) is 0. The van der Waals surface area contributed by atoms with E-state index in [2.05, 4.69) is 0 Å². The maximum absolute atomic E-state index is 8.70. The quantitative estimate of drug-likeness (QED) is 0.434. The van der Waals surface area contributed by atoms with Crippen LogP contribution in [-0.4, -0.2) is 28.6 Å². The maximum atomic E-state index is 8.70. The third-order valence-corrected chi connectivity index (χ3v) is 1.18. The maximum Gasteiger partial charge on any atom is 0.104 e. The first kappa shape index (κ1) is 14.4. The lowest BCUT2D eigenvalue weighted by Gasteiger charge is -2.11. The zero-order chi connectivity index (χ0) is 10.4. The van der Waals surface area contributed by atoms with Crippen molar-refractivity contribution in [2.24, 2.45) is 17.4 Å². The van der Waals surface area contributed by atoms with E-state index in [1.807, 2.05) is 13.8 Å². The number of rotatable bonds is 2. The molecule has 6 N–H and O–H groups in total. The molecule has 0 fully saturated rings. The molecule has 1 unspecified atom stereocenters. The second-order valence-electron chi connectivity index (χ2n) is 3.75. The predicted molar refractivity (Wildman–Crippen MR) is 50.4 cm³/mol. The zero-order valence-electron chi connectivity index (χ0n) is 8.41. The summed E-state index contributed by atoms with van der Waals surface area (Å²) in [4.78, 5) is 0. The van der Waals surface area contributed by atoms with Crippen molar-refractivity contribution in [2.45, 2.75) is 39.5 Å². The molecule has 0 aliphatic rings. The van der Waals surface area contributed by atoms with Gasteiger partial charge in [0.05, 0.1) is 5.60 Å². The van der Waals surface area contributed by atoms with E-state index in [4.69, 9.17) is 21.7 Å². The topological polar surface area (TPSA) is 92.5 Å². The number of nitrogens with two attached hydrogens (primary N) is 2. The van der Waals surface area contributed by atoms with Gasteiger partial charge in [0.1, 0.15) is 6.23 Å². The highest BCUT2D eigenvalue weighted by Crippen LogP contribution is 1.93. The van der Waals surface area contributed by atoms with Crippen LogP contribution < -0.4 is 11.5 Å². The largest absolute Gasteiger partial charge is 0.389 e. The van der Waals surface area contributed by atoms with Crippen LogP contribution in [-0.2, 0) is 0 Å². The van der Waals surface area contributed by atoms with Crippen LogP contribution in [0.2, 0.25) is 0 Å². The van der Waals surface area contributed by atoms with E-state index in [1.54, 1.807) is 13.8 Å². The minimum absolute atomic E-state index is 0.185. The SMILES string of the molecule is CC(C)(O)CN.CC(C)C(N)O. The summed E-state index contributed by atoms with van der Waals surface area (Å²) in [6.07, 6.45) is -0.648. The molecular weight excluding hydrogens is 156 g/mol. The average Bonchev–Trinajstić information content (AvgIpc) is 1.87. The Hall–Kier alpha value is -0.160. The van der Waals surface area contributed by atoms with Crippen LogP contribution in [0, 0.1) is 5.92 Å². The Morgan fingerprint density at radius 2 is 1.50 bits per heavy atom. The van der Waals surface area contributed by atoms with Crippen LogP contribution in [0.4, 0.5) is 0 Å². The molecule has 0 spiro atoms. The van der Waals surface area contributed by atoms with Gasteiger partial charge in [-0.3, -0.25) is 0 Å². The van der Waals surface area contributed by atoms with Gasteiger partial charge in [-0.25, -0.2) is 0 Å². The first-order valence-corrected chi connectivity index (χ1v) is 4.06. The van der Waals surface area contributed by atoms with E-state index in [0.717, 1.165) is 0 Å². The average molecular weight is 178 g/mol. The molecule has 4 heteroatoms. The van der Waals surface area contributed by atoms with Crippen molar-refractivity contribution in [2.75, 3.05) is 6.54 Å². The van der Waals surface area contributed by atoms with E-state index >= 15 is 0 Å². The van der Waals surface area contributed by atoms with Crippen LogP contribution >= 0.6 is 0 Å². The van der Waals surface area contributed by atoms with Crippen molar-refractivity contribution in [1.29, 1.82) is 0 Å². The van der Waals surface area contributed by atoms with Gasteiger partial charge < -0.3 is 21.7 Å². The van der Waals surface area contributed by atoms with E-state index < -0.39 is 11.8 Å². The summed E-state index contributed by atoms with van der Waals surface area (Å²) in [7, 11) is 0. The molecule has 0 saturated heterocycles. The lowest BCUT2D eigenvalue weighted by atomic mass is 10.1. The standard InChI is InChI=1S/2C4H11NO/c1-4(2,6)3-5;1-3(2)4(5)6/h6H,3,5H2,1-2H3;3-4,6H,5H2,1-2H3. The summed E-state index contributed by atoms with van der Waals surface area (Å²) in [5, 5.41) is 17.1. The van der Waals surface area contributed by atoms with Crippen LogP contribution in [0.1, 0.15) is 27.7 Å². The molecule has 0 rings (SSSR count). The van der Waals surface area contributed by atoms with Gasteiger partial charge in [-0.1, -0.05) is 13.8 Å². The van der Waals surface area contributed by atoms with Crippen LogP contribution in [0.5, 0.6) is 0 Å². The molecule has 0 aromatic heterocycles. The third-order valence-electron chi connectivity index (χ3n) is 1.18. The Morgan fingerprint density at radius 3 is 1.50 bits per heavy atom. The predicted octanol–water partition coefficient (Wildman–Crippen LogP) is -0.364. The summed E-state index contributed by atoms with van der Waals surface area (Å²) < 4.78 is 0.